The van der Waals surface area contributed by atoms with Gasteiger partial charge in [0, 0.05) is 35.8 Å². The van der Waals surface area contributed by atoms with Crippen molar-refractivity contribution in [2.24, 2.45) is 17.3 Å². The number of rotatable bonds is 2. The number of ether oxygens (including phenoxy) is 3. The van der Waals surface area contributed by atoms with Gasteiger partial charge < -0.3 is 24.4 Å². The van der Waals surface area contributed by atoms with Gasteiger partial charge in [-0.1, -0.05) is 42.7 Å². The first-order valence-electron chi connectivity index (χ1n) is 15.6. The highest BCUT2D eigenvalue weighted by molar-refractivity contribution is 5.46. The summed E-state index contributed by atoms with van der Waals surface area (Å²) in [7, 11) is 0. The summed E-state index contributed by atoms with van der Waals surface area (Å²) >= 11 is 0. The Morgan fingerprint density at radius 2 is 1.64 bits per heavy atom. The van der Waals surface area contributed by atoms with E-state index < -0.39 is 28.6 Å². The number of alkyl halides is 3. The van der Waals surface area contributed by atoms with Crippen LogP contribution >= 0.6 is 0 Å². The predicted molar refractivity (Wildman–Crippen MR) is 149 cm³/mol. The molecule has 4 aliphatic carbocycles. The van der Waals surface area contributed by atoms with Crippen LogP contribution in [0, 0.1) is 29.1 Å². The number of allylic oxidation sites excluding steroid dienone is 1. The SMILES string of the molecule is CC1(c2ccc([C@H]3C[C@@]4(C)C(CC[C@@]4(O)C#CC(F)(F)F)C4CC[C@@]5(O)CC6(CCCO6)CCC5=C43)cc2)OCCO1. The zero-order valence-electron chi connectivity index (χ0n) is 24.5. The molecule has 3 saturated carbocycles. The standard InChI is InChI=1S/C34H41F3O5/c1-29-20-25(22-4-6-23(7-5-22)30(2)40-18-19-41-30)28-24(26(29)10-14-33(29,39)15-16-34(35,36)37)8-13-32(38)21-31(11-3-17-42-31)12-9-27(28)32/h4-7,24-26,38-39H,3,8-14,17-21H2,1-2H3/t24?,25-,26?,29+,31?,32-,33-/m1/s1. The summed E-state index contributed by atoms with van der Waals surface area (Å²) in [5.74, 6) is 2.84. The van der Waals surface area contributed by atoms with Gasteiger partial charge in [0.05, 0.1) is 24.4 Å². The molecule has 8 heteroatoms. The molecule has 2 heterocycles. The van der Waals surface area contributed by atoms with E-state index in [1.165, 1.54) is 11.5 Å². The lowest BCUT2D eigenvalue weighted by Gasteiger charge is -2.57. The van der Waals surface area contributed by atoms with Gasteiger partial charge >= 0.3 is 6.18 Å². The maximum absolute atomic E-state index is 13.2. The van der Waals surface area contributed by atoms with Crippen molar-refractivity contribution in [1.29, 1.82) is 0 Å². The molecule has 0 amide bonds. The van der Waals surface area contributed by atoms with E-state index in [0.717, 1.165) is 55.4 Å². The van der Waals surface area contributed by atoms with Crippen molar-refractivity contribution in [2.45, 2.75) is 113 Å². The second kappa shape index (κ2) is 9.55. The first-order valence-corrected chi connectivity index (χ1v) is 15.6. The molecule has 1 aromatic rings. The maximum atomic E-state index is 13.2. The molecule has 0 bridgehead atoms. The van der Waals surface area contributed by atoms with E-state index in [1.807, 2.05) is 26.0 Å². The Balaban J connectivity index is 1.33. The minimum absolute atomic E-state index is 0.00887. The number of benzene rings is 1. The van der Waals surface area contributed by atoms with Crippen molar-refractivity contribution < 1.29 is 37.6 Å². The molecule has 1 aromatic carbocycles. The molecule has 0 aromatic heterocycles. The number of fused-ring (bicyclic) bond motifs is 4. The highest BCUT2D eigenvalue weighted by Crippen LogP contribution is 2.68. The van der Waals surface area contributed by atoms with Gasteiger partial charge in [0.15, 0.2) is 5.79 Å². The van der Waals surface area contributed by atoms with Crippen LogP contribution < -0.4 is 0 Å². The summed E-state index contributed by atoms with van der Waals surface area (Å²) in [4.78, 5) is 0. The van der Waals surface area contributed by atoms with E-state index in [0.29, 0.717) is 38.9 Å². The summed E-state index contributed by atoms with van der Waals surface area (Å²) in [6.07, 6.45) is 2.23. The Hall–Kier alpha value is -1.89. The van der Waals surface area contributed by atoms with Crippen LogP contribution in [-0.2, 0) is 20.0 Å². The van der Waals surface area contributed by atoms with Gasteiger partial charge in [-0.05, 0) is 87.7 Å². The Morgan fingerprint density at radius 3 is 2.31 bits per heavy atom. The fraction of sp³-hybridized carbons (Fsp3) is 0.706. The van der Waals surface area contributed by atoms with Gasteiger partial charge in [-0.25, -0.2) is 0 Å². The van der Waals surface area contributed by atoms with Gasteiger partial charge in [0.2, 0.25) is 0 Å². The average molecular weight is 587 g/mol. The normalized spacial score (nSPS) is 42.6. The largest absolute Gasteiger partial charge is 0.457 e. The van der Waals surface area contributed by atoms with Crippen molar-refractivity contribution in [3.05, 3.63) is 46.5 Å². The van der Waals surface area contributed by atoms with Crippen molar-refractivity contribution >= 4 is 0 Å². The Labute approximate surface area is 245 Å². The summed E-state index contributed by atoms with van der Waals surface area (Å²) < 4.78 is 57.7. The molecule has 5 nitrogen and oxygen atoms in total. The fourth-order valence-corrected chi connectivity index (χ4v) is 9.87. The lowest BCUT2D eigenvalue weighted by molar-refractivity contribution is -0.149. The number of halogens is 3. The van der Waals surface area contributed by atoms with Crippen LogP contribution in [0.2, 0.25) is 0 Å². The molecule has 3 unspecified atom stereocenters. The van der Waals surface area contributed by atoms with Crippen LogP contribution in [0.25, 0.3) is 0 Å². The van der Waals surface area contributed by atoms with E-state index in [9.17, 15) is 23.4 Å². The van der Waals surface area contributed by atoms with Gasteiger partial charge in [0.25, 0.3) is 0 Å². The average Bonchev–Trinajstić information content (AvgIpc) is 3.65. The summed E-state index contributed by atoms with van der Waals surface area (Å²) in [5.41, 5.74) is 0.543. The third kappa shape index (κ3) is 4.41. The van der Waals surface area contributed by atoms with E-state index in [4.69, 9.17) is 14.2 Å². The highest BCUT2D eigenvalue weighted by atomic mass is 19.4. The second-order valence-corrected chi connectivity index (χ2v) is 14.1. The van der Waals surface area contributed by atoms with Crippen molar-refractivity contribution in [1.82, 2.24) is 0 Å². The van der Waals surface area contributed by atoms with Gasteiger partial charge in [0.1, 0.15) is 5.60 Å². The van der Waals surface area contributed by atoms with Crippen LogP contribution in [0.3, 0.4) is 0 Å². The molecule has 7 rings (SSSR count). The van der Waals surface area contributed by atoms with Crippen LogP contribution in [0.15, 0.2) is 35.4 Å². The monoisotopic (exact) mass is 586 g/mol. The summed E-state index contributed by atoms with van der Waals surface area (Å²) in [6, 6.07) is 8.16. The van der Waals surface area contributed by atoms with Crippen molar-refractivity contribution in [2.75, 3.05) is 19.8 Å². The zero-order valence-corrected chi connectivity index (χ0v) is 24.5. The predicted octanol–water partition coefficient (Wildman–Crippen LogP) is 6.28. The molecule has 2 N–H and O–H groups in total. The molecular formula is C34H41F3O5. The summed E-state index contributed by atoms with van der Waals surface area (Å²) in [6.45, 7) is 5.65. The molecular weight excluding hydrogens is 545 g/mol. The molecule has 6 aliphatic rings. The topological polar surface area (TPSA) is 68.2 Å². The molecule has 2 saturated heterocycles. The van der Waals surface area contributed by atoms with Gasteiger partial charge in [-0.2, -0.15) is 13.2 Å². The van der Waals surface area contributed by atoms with Gasteiger partial charge in [-0.3, -0.25) is 0 Å². The number of aliphatic hydroxyl groups is 2. The summed E-state index contributed by atoms with van der Waals surface area (Å²) in [5, 5.41) is 24.1. The third-order valence-corrected chi connectivity index (χ3v) is 12.0. The van der Waals surface area contributed by atoms with E-state index in [2.05, 4.69) is 18.1 Å². The smallest absolute Gasteiger partial charge is 0.385 e. The lowest BCUT2D eigenvalue weighted by Crippen LogP contribution is -2.55. The zero-order chi connectivity index (χ0) is 29.6. The highest BCUT2D eigenvalue weighted by Gasteiger charge is 2.64. The van der Waals surface area contributed by atoms with Crippen LogP contribution in [0.4, 0.5) is 13.2 Å². The molecule has 5 fully saturated rings. The van der Waals surface area contributed by atoms with E-state index in [-0.39, 0.29) is 29.8 Å². The van der Waals surface area contributed by atoms with Crippen molar-refractivity contribution in [3.8, 4) is 11.8 Å². The molecule has 0 radical (unpaired) electrons. The van der Waals surface area contributed by atoms with Crippen LogP contribution in [0.1, 0.15) is 95.1 Å². The third-order valence-electron chi connectivity index (χ3n) is 12.0. The molecule has 7 atom stereocenters. The van der Waals surface area contributed by atoms with Crippen LogP contribution in [0.5, 0.6) is 0 Å². The minimum atomic E-state index is -4.66. The van der Waals surface area contributed by atoms with Crippen LogP contribution in [-0.4, -0.2) is 53.0 Å². The first kappa shape index (κ1) is 28.9. The van der Waals surface area contributed by atoms with E-state index in [1.54, 1.807) is 0 Å². The number of hydrogen-bond donors (Lipinski definition) is 2. The first-order chi connectivity index (χ1) is 19.8. The number of hydrogen-bond acceptors (Lipinski definition) is 5. The minimum Gasteiger partial charge on any atom is -0.385 e. The fourth-order valence-electron chi connectivity index (χ4n) is 9.87. The lowest BCUT2D eigenvalue weighted by atomic mass is 9.49. The molecule has 1 spiro atoms. The Kier molecular flexibility index (Phi) is 6.56. The Bertz CT molecular complexity index is 1330. The van der Waals surface area contributed by atoms with E-state index >= 15 is 0 Å². The molecule has 2 aliphatic heterocycles. The quantitative estimate of drug-likeness (QED) is 0.316. The Morgan fingerprint density at radius 1 is 0.905 bits per heavy atom. The van der Waals surface area contributed by atoms with Crippen molar-refractivity contribution in [3.63, 3.8) is 0 Å². The maximum Gasteiger partial charge on any atom is 0.457 e. The second-order valence-electron chi connectivity index (χ2n) is 14.1. The van der Waals surface area contributed by atoms with Gasteiger partial charge in [-0.15, -0.1) is 0 Å². The molecule has 42 heavy (non-hydrogen) atoms. The molecule has 228 valence electrons.